The van der Waals surface area contributed by atoms with Gasteiger partial charge in [0.25, 0.3) is 5.91 Å². The molecule has 0 bridgehead atoms. The van der Waals surface area contributed by atoms with Crippen molar-refractivity contribution in [3.8, 4) is 11.5 Å². The maximum absolute atomic E-state index is 12.0. The Morgan fingerprint density at radius 3 is 2.55 bits per heavy atom. The molecule has 0 radical (unpaired) electrons. The minimum Gasteiger partial charge on any atom is -0.497 e. The molecule has 6 heteroatoms. The Balaban J connectivity index is 1.98. The number of amides is 1. The van der Waals surface area contributed by atoms with Crippen molar-refractivity contribution in [2.75, 3.05) is 12.4 Å². The molecule has 1 unspecified atom stereocenters. The fraction of sp³-hybridized carbons (Fsp3) is 0.286. The van der Waals surface area contributed by atoms with Gasteiger partial charge in [-0.05, 0) is 30.7 Å². The molecular weight excluding hydrogens is 260 g/mol. The second-order valence-electron chi connectivity index (χ2n) is 4.06. The lowest BCUT2D eigenvalue weighted by Gasteiger charge is -2.16. The molecule has 0 saturated heterocycles. The molecule has 0 aliphatic rings. The number of anilines is 1. The predicted octanol–water partition coefficient (Wildman–Crippen LogP) is 2.48. The Bertz CT molecular complexity index is 537. The molecule has 2 rings (SSSR count). The Labute approximate surface area is 116 Å². The van der Waals surface area contributed by atoms with E-state index in [1.807, 2.05) is 6.92 Å². The van der Waals surface area contributed by atoms with Gasteiger partial charge in [0.05, 0.1) is 7.11 Å². The van der Waals surface area contributed by atoms with Crippen LogP contribution in [0.3, 0.4) is 0 Å². The van der Waals surface area contributed by atoms with Crippen LogP contribution in [0.1, 0.15) is 13.3 Å². The van der Waals surface area contributed by atoms with Crippen molar-refractivity contribution in [3.63, 3.8) is 0 Å². The SMILES string of the molecule is CCC(Oc1ccc(OC)cc1)C(=O)Nc1ccon1. The molecule has 1 heterocycles. The van der Waals surface area contributed by atoms with Crippen molar-refractivity contribution in [1.82, 2.24) is 5.16 Å². The minimum atomic E-state index is -0.597. The zero-order valence-electron chi connectivity index (χ0n) is 11.3. The average Bonchev–Trinajstić information content (AvgIpc) is 2.98. The maximum atomic E-state index is 12.0. The summed E-state index contributed by atoms with van der Waals surface area (Å²) in [7, 11) is 1.59. The van der Waals surface area contributed by atoms with Crippen LogP contribution in [-0.4, -0.2) is 24.3 Å². The van der Waals surface area contributed by atoms with Gasteiger partial charge in [-0.3, -0.25) is 4.79 Å². The lowest BCUT2D eigenvalue weighted by molar-refractivity contribution is -0.122. The molecule has 0 saturated carbocycles. The highest BCUT2D eigenvalue weighted by atomic mass is 16.5. The molecule has 1 amide bonds. The first-order chi connectivity index (χ1) is 9.72. The molecular formula is C14H16N2O4. The number of nitrogens with one attached hydrogen (secondary N) is 1. The predicted molar refractivity (Wildman–Crippen MR) is 72.8 cm³/mol. The lowest BCUT2D eigenvalue weighted by Crippen LogP contribution is -2.32. The fourth-order valence-corrected chi connectivity index (χ4v) is 1.62. The summed E-state index contributed by atoms with van der Waals surface area (Å²) in [6, 6.07) is 8.63. The van der Waals surface area contributed by atoms with Gasteiger partial charge in [-0.1, -0.05) is 12.1 Å². The second-order valence-corrected chi connectivity index (χ2v) is 4.06. The van der Waals surface area contributed by atoms with Crippen LogP contribution in [0.2, 0.25) is 0 Å². The molecule has 20 heavy (non-hydrogen) atoms. The molecule has 6 nitrogen and oxygen atoms in total. The quantitative estimate of drug-likeness (QED) is 0.877. The summed E-state index contributed by atoms with van der Waals surface area (Å²) in [6.45, 7) is 1.87. The number of hydrogen-bond donors (Lipinski definition) is 1. The van der Waals surface area contributed by atoms with Crippen molar-refractivity contribution in [2.45, 2.75) is 19.4 Å². The normalized spacial score (nSPS) is 11.7. The lowest BCUT2D eigenvalue weighted by atomic mass is 10.2. The van der Waals surface area contributed by atoms with E-state index in [-0.39, 0.29) is 5.91 Å². The molecule has 0 fully saturated rings. The van der Waals surface area contributed by atoms with Gasteiger partial charge in [0.15, 0.2) is 11.9 Å². The number of ether oxygens (including phenoxy) is 2. The molecule has 1 aromatic heterocycles. The average molecular weight is 276 g/mol. The Morgan fingerprint density at radius 1 is 1.30 bits per heavy atom. The minimum absolute atomic E-state index is 0.266. The number of hydrogen-bond acceptors (Lipinski definition) is 5. The van der Waals surface area contributed by atoms with E-state index in [1.165, 1.54) is 6.26 Å². The van der Waals surface area contributed by atoms with E-state index in [0.29, 0.717) is 18.0 Å². The number of benzene rings is 1. The topological polar surface area (TPSA) is 73.6 Å². The van der Waals surface area contributed by atoms with Crippen LogP contribution in [0.4, 0.5) is 5.82 Å². The highest BCUT2D eigenvalue weighted by Gasteiger charge is 2.19. The molecule has 0 aliphatic heterocycles. The van der Waals surface area contributed by atoms with Crippen molar-refractivity contribution in [2.24, 2.45) is 0 Å². The zero-order chi connectivity index (χ0) is 14.4. The first-order valence-corrected chi connectivity index (χ1v) is 6.25. The third kappa shape index (κ3) is 3.50. The van der Waals surface area contributed by atoms with Gasteiger partial charge >= 0.3 is 0 Å². The molecule has 1 aromatic carbocycles. The van der Waals surface area contributed by atoms with E-state index in [1.54, 1.807) is 37.4 Å². The monoisotopic (exact) mass is 276 g/mol. The van der Waals surface area contributed by atoms with E-state index in [0.717, 1.165) is 5.75 Å². The highest BCUT2D eigenvalue weighted by molar-refractivity contribution is 5.93. The van der Waals surface area contributed by atoms with Gasteiger partial charge in [0.1, 0.15) is 17.8 Å². The van der Waals surface area contributed by atoms with Crippen molar-refractivity contribution in [1.29, 1.82) is 0 Å². The van der Waals surface area contributed by atoms with Gasteiger partial charge < -0.3 is 19.3 Å². The Kier molecular flexibility index (Phi) is 4.60. The number of rotatable bonds is 6. The molecule has 106 valence electrons. The number of carbonyl (C=O) groups excluding carboxylic acids is 1. The van der Waals surface area contributed by atoms with Crippen LogP contribution in [0, 0.1) is 0 Å². The van der Waals surface area contributed by atoms with E-state index in [9.17, 15) is 4.79 Å². The van der Waals surface area contributed by atoms with Gasteiger partial charge in [-0.15, -0.1) is 0 Å². The van der Waals surface area contributed by atoms with Gasteiger partial charge in [0, 0.05) is 6.07 Å². The summed E-state index contributed by atoms with van der Waals surface area (Å²) in [5.74, 6) is 1.44. The van der Waals surface area contributed by atoms with E-state index in [2.05, 4.69) is 15.0 Å². The summed E-state index contributed by atoms with van der Waals surface area (Å²) in [4.78, 5) is 12.0. The maximum Gasteiger partial charge on any atom is 0.266 e. The van der Waals surface area contributed by atoms with Crippen LogP contribution in [-0.2, 0) is 4.79 Å². The van der Waals surface area contributed by atoms with Crippen molar-refractivity contribution in [3.05, 3.63) is 36.6 Å². The first kappa shape index (κ1) is 13.9. The van der Waals surface area contributed by atoms with Crippen LogP contribution in [0.15, 0.2) is 41.1 Å². The Morgan fingerprint density at radius 2 is 2.00 bits per heavy atom. The third-order valence-electron chi connectivity index (χ3n) is 2.69. The largest absolute Gasteiger partial charge is 0.497 e. The summed E-state index contributed by atoms with van der Waals surface area (Å²) < 4.78 is 15.4. The van der Waals surface area contributed by atoms with E-state index in [4.69, 9.17) is 9.47 Å². The highest BCUT2D eigenvalue weighted by Crippen LogP contribution is 2.19. The van der Waals surface area contributed by atoms with Crippen LogP contribution >= 0.6 is 0 Å². The van der Waals surface area contributed by atoms with Gasteiger partial charge in [0.2, 0.25) is 0 Å². The zero-order valence-corrected chi connectivity index (χ0v) is 11.3. The molecule has 1 N–H and O–H groups in total. The smallest absolute Gasteiger partial charge is 0.266 e. The summed E-state index contributed by atoms with van der Waals surface area (Å²) in [6.07, 6.45) is 1.33. The number of aromatic nitrogens is 1. The molecule has 2 aromatic rings. The standard InChI is InChI=1S/C14H16N2O4/c1-3-12(14(17)15-13-8-9-19-16-13)20-11-6-4-10(18-2)5-7-11/h4-9,12H,3H2,1-2H3,(H,15,16,17). The van der Waals surface area contributed by atoms with Gasteiger partial charge in [-0.2, -0.15) is 0 Å². The van der Waals surface area contributed by atoms with E-state index < -0.39 is 6.10 Å². The van der Waals surface area contributed by atoms with Crippen molar-refractivity contribution < 1.29 is 18.8 Å². The van der Waals surface area contributed by atoms with Gasteiger partial charge in [-0.25, -0.2) is 0 Å². The number of methoxy groups -OCH3 is 1. The fourth-order valence-electron chi connectivity index (χ4n) is 1.62. The molecule has 1 atom stereocenters. The molecule has 0 aliphatic carbocycles. The Hall–Kier alpha value is -2.50. The molecule has 0 spiro atoms. The number of nitrogens with zero attached hydrogens (tertiary/aromatic N) is 1. The second kappa shape index (κ2) is 6.60. The van der Waals surface area contributed by atoms with Crippen LogP contribution in [0.5, 0.6) is 11.5 Å². The van der Waals surface area contributed by atoms with Crippen LogP contribution < -0.4 is 14.8 Å². The van der Waals surface area contributed by atoms with E-state index >= 15 is 0 Å². The van der Waals surface area contributed by atoms with Crippen molar-refractivity contribution >= 4 is 11.7 Å². The van der Waals surface area contributed by atoms with Crippen LogP contribution in [0.25, 0.3) is 0 Å². The third-order valence-corrected chi connectivity index (χ3v) is 2.69. The summed E-state index contributed by atoms with van der Waals surface area (Å²) in [5.41, 5.74) is 0. The summed E-state index contributed by atoms with van der Waals surface area (Å²) in [5, 5.41) is 6.25. The number of carbonyl (C=O) groups is 1. The first-order valence-electron chi connectivity index (χ1n) is 6.25. The summed E-state index contributed by atoms with van der Waals surface area (Å²) >= 11 is 0.